The minimum atomic E-state index is -0.607. The van der Waals surface area contributed by atoms with Gasteiger partial charge >= 0.3 is 11.9 Å². The number of carbonyl (C=O) groups excluding carboxylic acids is 4. The van der Waals surface area contributed by atoms with Crippen LogP contribution in [0.5, 0.6) is 0 Å². The normalized spacial score (nSPS) is 15.7. The van der Waals surface area contributed by atoms with Crippen molar-refractivity contribution < 1.29 is 28.7 Å². The standard InChI is InChI=1S/C24H28N2O6/c1-4-31-24(30)22-16(3)25-15(2)21(22)19(27)14-32-23(29)18-12-20(28)26(13-18)11-10-17-8-6-5-7-9-17/h5-9,18,25H,4,10-14H2,1-3H3/t18-/m0/s1. The fourth-order valence-corrected chi connectivity index (χ4v) is 3.97. The third-order valence-electron chi connectivity index (χ3n) is 5.54. The van der Waals surface area contributed by atoms with Crippen LogP contribution in [0.2, 0.25) is 0 Å². The first-order chi connectivity index (χ1) is 15.3. The SMILES string of the molecule is CCOC(=O)c1c(C)[nH]c(C)c1C(=O)COC(=O)[C@H]1CC(=O)N(CCc2ccccc2)C1. The molecule has 1 aliphatic heterocycles. The molecule has 0 aliphatic carbocycles. The predicted octanol–water partition coefficient (Wildman–Crippen LogP) is 2.63. The van der Waals surface area contributed by atoms with E-state index in [1.165, 1.54) is 0 Å². The molecule has 0 unspecified atom stereocenters. The van der Waals surface area contributed by atoms with Gasteiger partial charge in [-0.05, 0) is 32.8 Å². The molecule has 1 fully saturated rings. The Kier molecular flexibility index (Phi) is 7.45. The Labute approximate surface area is 186 Å². The number of ether oxygens (including phenoxy) is 2. The lowest BCUT2D eigenvalue weighted by atomic mass is 10.0. The number of esters is 2. The molecule has 170 valence electrons. The van der Waals surface area contributed by atoms with Crippen LogP contribution in [0.4, 0.5) is 0 Å². The molecule has 8 heteroatoms. The Hall–Kier alpha value is -3.42. The van der Waals surface area contributed by atoms with E-state index in [1.54, 1.807) is 25.7 Å². The second-order valence-electron chi connectivity index (χ2n) is 7.85. The minimum absolute atomic E-state index is 0.0676. The maximum Gasteiger partial charge on any atom is 0.340 e. The number of hydrogen-bond donors (Lipinski definition) is 1. The highest BCUT2D eigenvalue weighted by Crippen LogP contribution is 2.22. The van der Waals surface area contributed by atoms with E-state index in [-0.39, 0.29) is 36.6 Å². The van der Waals surface area contributed by atoms with Crippen LogP contribution in [-0.4, -0.2) is 59.8 Å². The lowest BCUT2D eigenvalue weighted by Gasteiger charge is -2.16. The summed E-state index contributed by atoms with van der Waals surface area (Å²) in [5.74, 6) is -2.38. The first kappa shape index (κ1) is 23.2. The number of nitrogens with zero attached hydrogens (tertiary/aromatic N) is 1. The monoisotopic (exact) mass is 440 g/mol. The molecule has 8 nitrogen and oxygen atoms in total. The number of aromatic nitrogens is 1. The molecule has 2 heterocycles. The Balaban J connectivity index is 1.56. The minimum Gasteiger partial charge on any atom is -0.462 e. The molecule has 0 spiro atoms. The van der Waals surface area contributed by atoms with E-state index in [2.05, 4.69) is 4.98 Å². The van der Waals surface area contributed by atoms with Gasteiger partial charge in [0, 0.05) is 30.9 Å². The molecule has 3 rings (SSSR count). The van der Waals surface area contributed by atoms with Crippen molar-refractivity contribution in [1.29, 1.82) is 0 Å². The average Bonchev–Trinajstić information content (AvgIpc) is 3.29. The third kappa shape index (κ3) is 5.25. The summed E-state index contributed by atoms with van der Waals surface area (Å²) in [5.41, 5.74) is 2.47. The number of aryl methyl sites for hydroxylation is 2. The van der Waals surface area contributed by atoms with Gasteiger partial charge in [0.2, 0.25) is 11.7 Å². The lowest BCUT2D eigenvalue weighted by molar-refractivity contribution is -0.147. The van der Waals surface area contributed by atoms with Gasteiger partial charge in [-0.3, -0.25) is 14.4 Å². The topological polar surface area (TPSA) is 106 Å². The highest BCUT2D eigenvalue weighted by atomic mass is 16.5. The van der Waals surface area contributed by atoms with Gasteiger partial charge in [0.05, 0.1) is 23.7 Å². The summed E-state index contributed by atoms with van der Waals surface area (Å²) in [4.78, 5) is 54.4. The zero-order chi connectivity index (χ0) is 23.3. The van der Waals surface area contributed by atoms with Crippen molar-refractivity contribution in [3.63, 3.8) is 0 Å². The van der Waals surface area contributed by atoms with Crippen LogP contribution in [0.15, 0.2) is 30.3 Å². The molecule has 1 atom stereocenters. The van der Waals surface area contributed by atoms with E-state index >= 15 is 0 Å². The van der Waals surface area contributed by atoms with Gasteiger partial charge in [0.25, 0.3) is 0 Å². The van der Waals surface area contributed by atoms with Crippen molar-refractivity contribution in [2.45, 2.75) is 33.6 Å². The van der Waals surface area contributed by atoms with Crippen LogP contribution in [0.3, 0.4) is 0 Å². The zero-order valence-electron chi connectivity index (χ0n) is 18.6. The summed E-state index contributed by atoms with van der Waals surface area (Å²) >= 11 is 0. The molecule has 2 aromatic rings. The molecule has 1 N–H and O–H groups in total. The van der Waals surface area contributed by atoms with Crippen LogP contribution in [0, 0.1) is 19.8 Å². The Morgan fingerprint density at radius 2 is 1.75 bits per heavy atom. The summed E-state index contributed by atoms with van der Waals surface area (Å²) in [6.07, 6.45) is 0.772. The largest absolute Gasteiger partial charge is 0.462 e. The van der Waals surface area contributed by atoms with Gasteiger partial charge in [-0.15, -0.1) is 0 Å². The van der Waals surface area contributed by atoms with E-state index in [0.29, 0.717) is 24.4 Å². The maximum absolute atomic E-state index is 12.7. The molecular weight excluding hydrogens is 412 g/mol. The van der Waals surface area contributed by atoms with Gasteiger partial charge in [-0.1, -0.05) is 30.3 Å². The average molecular weight is 440 g/mol. The molecule has 1 saturated heterocycles. The summed E-state index contributed by atoms with van der Waals surface area (Å²) < 4.78 is 10.3. The highest BCUT2D eigenvalue weighted by Gasteiger charge is 2.35. The number of amides is 1. The first-order valence-electron chi connectivity index (χ1n) is 10.7. The van der Waals surface area contributed by atoms with Gasteiger partial charge in [0.15, 0.2) is 6.61 Å². The van der Waals surface area contributed by atoms with Crippen LogP contribution in [0.1, 0.15) is 51.0 Å². The fourth-order valence-electron chi connectivity index (χ4n) is 3.97. The van der Waals surface area contributed by atoms with E-state index in [9.17, 15) is 19.2 Å². The number of aromatic amines is 1. The molecule has 1 aromatic carbocycles. The number of nitrogens with one attached hydrogen (secondary N) is 1. The molecule has 1 amide bonds. The quantitative estimate of drug-likeness (QED) is 0.475. The van der Waals surface area contributed by atoms with Crippen LogP contribution < -0.4 is 0 Å². The lowest BCUT2D eigenvalue weighted by Crippen LogP contribution is -2.29. The van der Waals surface area contributed by atoms with Crippen LogP contribution >= 0.6 is 0 Å². The smallest absolute Gasteiger partial charge is 0.340 e. The number of benzene rings is 1. The summed E-state index contributed by atoms with van der Waals surface area (Å²) in [6.45, 7) is 5.51. The van der Waals surface area contributed by atoms with Crippen molar-refractivity contribution in [1.82, 2.24) is 9.88 Å². The predicted molar refractivity (Wildman–Crippen MR) is 116 cm³/mol. The summed E-state index contributed by atoms with van der Waals surface area (Å²) in [5, 5.41) is 0. The van der Waals surface area contributed by atoms with E-state index in [4.69, 9.17) is 9.47 Å². The van der Waals surface area contributed by atoms with Crippen molar-refractivity contribution in [2.75, 3.05) is 26.3 Å². The molecular formula is C24H28N2O6. The number of carbonyl (C=O) groups is 4. The van der Waals surface area contributed by atoms with E-state index in [0.717, 1.165) is 5.56 Å². The van der Waals surface area contributed by atoms with Crippen LogP contribution in [0.25, 0.3) is 0 Å². The van der Waals surface area contributed by atoms with Crippen molar-refractivity contribution in [2.24, 2.45) is 5.92 Å². The van der Waals surface area contributed by atoms with Gasteiger partial charge < -0.3 is 19.4 Å². The van der Waals surface area contributed by atoms with Gasteiger partial charge in [-0.25, -0.2) is 4.79 Å². The first-order valence-corrected chi connectivity index (χ1v) is 10.7. The van der Waals surface area contributed by atoms with Gasteiger partial charge in [-0.2, -0.15) is 0 Å². The second kappa shape index (κ2) is 10.3. The van der Waals surface area contributed by atoms with Crippen molar-refractivity contribution in [3.8, 4) is 0 Å². The number of H-pyrrole nitrogens is 1. The summed E-state index contributed by atoms with van der Waals surface area (Å²) in [7, 11) is 0. The Bertz CT molecular complexity index is 1010. The molecule has 0 saturated carbocycles. The van der Waals surface area contributed by atoms with E-state index in [1.807, 2.05) is 30.3 Å². The summed E-state index contributed by atoms with van der Waals surface area (Å²) in [6, 6.07) is 9.81. The highest BCUT2D eigenvalue weighted by molar-refractivity contribution is 6.09. The zero-order valence-corrected chi connectivity index (χ0v) is 18.6. The van der Waals surface area contributed by atoms with E-state index < -0.39 is 30.2 Å². The maximum atomic E-state index is 12.7. The third-order valence-corrected chi connectivity index (χ3v) is 5.54. The molecule has 0 bridgehead atoms. The molecule has 1 aliphatic rings. The van der Waals surface area contributed by atoms with Gasteiger partial charge in [0.1, 0.15) is 0 Å². The number of Topliss-reactive ketones (excluding diaryl/α,β-unsaturated/α-hetero) is 1. The Morgan fingerprint density at radius 1 is 1.06 bits per heavy atom. The Morgan fingerprint density at radius 3 is 2.44 bits per heavy atom. The molecule has 0 radical (unpaired) electrons. The number of hydrogen-bond acceptors (Lipinski definition) is 6. The molecule has 1 aromatic heterocycles. The van der Waals surface area contributed by atoms with Crippen molar-refractivity contribution >= 4 is 23.6 Å². The fraction of sp³-hybridized carbons (Fsp3) is 0.417. The number of ketones is 1. The molecule has 32 heavy (non-hydrogen) atoms. The second-order valence-corrected chi connectivity index (χ2v) is 7.85. The van der Waals surface area contributed by atoms with Crippen LogP contribution in [-0.2, 0) is 25.5 Å². The number of rotatable bonds is 9. The number of likely N-dealkylation sites (tertiary alicyclic amines) is 1. The van der Waals surface area contributed by atoms with Crippen molar-refractivity contribution in [3.05, 3.63) is 58.4 Å².